The Morgan fingerprint density at radius 1 is 1.26 bits per heavy atom. The molecular formula is C14H14N2O2S. The van der Waals surface area contributed by atoms with Crippen LogP contribution in [0.3, 0.4) is 0 Å². The molecule has 1 heterocycles. The van der Waals surface area contributed by atoms with E-state index in [0.717, 1.165) is 11.1 Å². The average molecular weight is 274 g/mol. The van der Waals surface area contributed by atoms with Gasteiger partial charge in [-0.1, -0.05) is 17.3 Å². The Morgan fingerprint density at radius 3 is 2.47 bits per heavy atom. The van der Waals surface area contributed by atoms with E-state index in [1.54, 1.807) is 31.2 Å². The van der Waals surface area contributed by atoms with Crippen LogP contribution in [0.5, 0.6) is 0 Å². The molecule has 0 aliphatic carbocycles. The lowest BCUT2D eigenvalue weighted by atomic mass is 10.1. The number of thiophene rings is 1. The summed E-state index contributed by atoms with van der Waals surface area (Å²) in [6.45, 7) is 3.62. The van der Waals surface area contributed by atoms with Crippen molar-refractivity contribution in [3.63, 3.8) is 0 Å². The number of nitrogens with zero attached hydrogens (tertiary/aromatic N) is 1. The van der Waals surface area contributed by atoms with Crippen molar-refractivity contribution in [3.05, 3.63) is 51.7 Å². The number of carbonyl (C=O) groups is 1. The predicted octanol–water partition coefficient (Wildman–Crippen LogP) is 3.51. The Morgan fingerprint density at radius 2 is 1.95 bits per heavy atom. The molecular weight excluding hydrogens is 260 g/mol. The smallest absolute Gasteiger partial charge is 0.256 e. The number of rotatable bonds is 3. The van der Waals surface area contributed by atoms with E-state index in [-0.39, 0.29) is 5.91 Å². The van der Waals surface area contributed by atoms with Crippen LogP contribution >= 0.6 is 11.3 Å². The molecule has 0 spiro atoms. The van der Waals surface area contributed by atoms with E-state index in [0.29, 0.717) is 17.0 Å². The summed E-state index contributed by atoms with van der Waals surface area (Å²) in [4.78, 5) is 12.0. The van der Waals surface area contributed by atoms with Gasteiger partial charge in [0.15, 0.2) is 0 Å². The predicted molar refractivity (Wildman–Crippen MR) is 77.4 cm³/mol. The summed E-state index contributed by atoms with van der Waals surface area (Å²) in [5.74, 6) is -0.112. The molecule has 0 saturated carbocycles. The molecule has 1 aromatic carbocycles. The van der Waals surface area contributed by atoms with Crippen molar-refractivity contribution in [2.75, 3.05) is 5.32 Å². The van der Waals surface area contributed by atoms with Crippen molar-refractivity contribution in [2.24, 2.45) is 5.16 Å². The first-order valence-corrected chi connectivity index (χ1v) is 6.69. The number of hydrogen-bond donors (Lipinski definition) is 2. The van der Waals surface area contributed by atoms with Gasteiger partial charge in [-0.2, -0.15) is 11.3 Å². The zero-order valence-electron chi connectivity index (χ0n) is 10.7. The highest BCUT2D eigenvalue weighted by Gasteiger charge is 2.09. The second kappa shape index (κ2) is 5.67. The number of nitrogens with one attached hydrogen (secondary N) is 1. The Balaban J connectivity index is 2.12. The number of benzene rings is 1. The quantitative estimate of drug-likeness (QED) is 0.511. The number of anilines is 1. The van der Waals surface area contributed by atoms with Gasteiger partial charge in [0.1, 0.15) is 0 Å². The third-order valence-corrected chi connectivity index (χ3v) is 3.67. The summed E-state index contributed by atoms with van der Waals surface area (Å²) < 4.78 is 0. The summed E-state index contributed by atoms with van der Waals surface area (Å²) in [7, 11) is 0. The molecule has 0 aliphatic heterocycles. The van der Waals surface area contributed by atoms with Gasteiger partial charge in [-0.3, -0.25) is 4.79 Å². The Hall–Kier alpha value is -2.14. The van der Waals surface area contributed by atoms with Crippen molar-refractivity contribution < 1.29 is 10.0 Å². The summed E-state index contributed by atoms with van der Waals surface area (Å²) in [6, 6.07) is 7.16. The summed E-state index contributed by atoms with van der Waals surface area (Å²) >= 11 is 1.51. The Bertz CT molecular complexity index is 615. The van der Waals surface area contributed by atoms with Crippen LogP contribution in [0.4, 0.5) is 5.69 Å². The third-order valence-electron chi connectivity index (χ3n) is 2.81. The monoisotopic (exact) mass is 274 g/mol. The van der Waals surface area contributed by atoms with E-state index in [4.69, 9.17) is 5.21 Å². The van der Waals surface area contributed by atoms with Crippen molar-refractivity contribution in [3.8, 4) is 0 Å². The maximum Gasteiger partial charge on any atom is 0.256 e. The molecule has 4 nitrogen and oxygen atoms in total. The van der Waals surface area contributed by atoms with Gasteiger partial charge in [0.25, 0.3) is 5.91 Å². The van der Waals surface area contributed by atoms with Gasteiger partial charge in [-0.15, -0.1) is 0 Å². The summed E-state index contributed by atoms with van der Waals surface area (Å²) in [6.07, 6.45) is 0. The van der Waals surface area contributed by atoms with Crippen molar-refractivity contribution in [1.29, 1.82) is 0 Å². The molecule has 2 N–H and O–H groups in total. The first kappa shape index (κ1) is 13.3. The lowest BCUT2D eigenvalue weighted by Crippen LogP contribution is -2.12. The molecule has 1 aromatic heterocycles. The second-order valence-corrected chi connectivity index (χ2v) is 4.93. The summed E-state index contributed by atoms with van der Waals surface area (Å²) in [5.41, 5.74) is 3.73. The van der Waals surface area contributed by atoms with Gasteiger partial charge >= 0.3 is 0 Å². The highest BCUT2D eigenvalue weighted by atomic mass is 32.1. The molecule has 0 radical (unpaired) electrons. The largest absolute Gasteiger partial charge is 0.411 e. The topological polar surface area (TPSA) is 61.7 Å². The first-order chi connectivity index (χ1) is 9.11. The Kier molecular flexibility index (Phi) is 3.97. The van der Waals surface area contributed by atoms with Crippen LogP contribution in [0.15, 0.2) is 40.2 Å². The van der Waals surface area contributed by atoms with E-state index < -0.39 is 0 Å². The lowest BCUT2D eigenvalue weighted by Gasteiger charge is -2.06. The third kappa shape index (κ3) is 3.00. The fraction of sp³-hybridized carbons (Fsp3) is 0.143. The highest BCUT2D eigenvalue weighted by molar-refractivity contribution is 7.08. The minimum atomic E-state index is -0.112. The lowest BCUT2D eigenvalue weighted by molar-refractivity contribution is 0.102. The SMILES string of the molecule is CC(=NO)c1ccc(NC(=O)c2cscc2C)cc1. The van der Waals surface area contributed by atoms with Gasteiger partial charge < -0.3 is 10.5 Å². The van der Waals surface area contributed by atoms with E-state index in [9.17, 15) is 4.79 Å². The van der Waals surface area contributed by atoms with Crippen LogP contribution < -0.4 is 5.32 Å². The molecule has 19 heavy (non-hydrogen) atoms. The van der Waals surface area contributed by atoms with Gasteiger partial charge in [-0.05, 0) is 42.5 Å². The average Bonchev–Trinajstić information content (AvgIpc) is 2.85. The number of carbonyl (C=O) groups excluding carboxylic acids is 1. The molecule has 0 saturated heterocycles. The fourth-order valence-electron chi connectivity index (χ4n) is 1.64. The van der Waals surface area contributed by atoms with Crippen LogP contribution in [-0.4, -0.2) is 16.8 Å². The van der Waals surface area contributed by atoms with Gasteiger partial charge in [-0.25, -0.2) is 0 Å². The normalized spacial score (nSPS) is 11.4. The van der Waals surface area contributed by atoms with Crippen LogP contribution in [-0.2, 0) is 0 Å². The van der Waals surface area contributed by atoms with Gasteiger partial charge in [0.2, 0.25) is 0 Å². The number of hydrogen-bond acceptors (Lipinski definition) is 4. The van der Waals surface area contributed by atoms with Crippen LogP contribution in [0.1, 0.15) is 28.4 Å². The molecule has 0 atom stereocenters. The second-order valence-electron chi connectivity index (χ2n) is 4.19. The number of oxime groups is 1. The van der Waals surface area contributed by atoms with Gasteiger partial charge in [0, 0.05) is 11.1 Å². The number of aryl methyl sites for hydroxylation is 1. The molecule has 2 aromatic rings. The number of amides is 1. The van der Waals surface area contributed by atoms with Crippen LogP contribution in [0.25, 0.3) is 0 Å². The summed E-state index contributed by atoms with van der Waals surface area (Å²) in [5, 5.41) is 18.4. The molecule has 0 fully saturated rings. The standard InChI is InChI=1S/C14H14N2O2S/c1-9-7-19-8-13(9)14(17)15-12-5-3-11(4-6-12)10(2)16-18/h3-8,18H,1-2H3,(H,15,17). The van der Waals surface area contributed by atoms with E-state index in [1.807, 2.05) is 17.7 Å². The van der Waals surface area contributed by atoms with Crippen molar-refractivity contribution >= 4 is 28.6 Å². The molecule has 5 heteroatoms. The van der Waals surface area contributed by atoms with Gasteiger partial charge in [0.05, 0.1) is 11.3 Å². The van der Waals surface area contributed by atoms with Crippen LogP contribution in [0, 0.1) is 6.92 Å². The molecule has 98 valence electrons. The minimum absolute atomic E-state index is 0.112. The minimum Gasteiger partial charge on any atom is -0.411 e. The van der Waals surface area contributed by atoms with Crippen molar-refractivity contribution in [1.82, 2.24) is 0 Å². The Labute approximate surface area is 115 Å². The molecule has 0 unspecified atom stereocenters. The maximum atomic E-state index is 12.0. The van der Waals surface area contributed by atoms with Crippen LogP contribution in [0.2, 0.25) is 0 Å². The van der Waals surface area contributed by atoms with Crippen molar-refractivity contribution in [2.45, 2.75) is 13.8 Å². The zero-order valence-corrected chi connectivity index (χ0v) is 11.5. The fourth-order valence-corrected chi connectivity index (χ4v) is 2.47. The zero-order chi connectivity index (χ0) is 13.8. The molecule has 2 rings (SSSR count). The first-order valence-electron chi connectivity index (χ1n) is 5.75. The maximum absolute atomic E-state index is 12.0. The molecule has 1 amide bonds. The molecule has 0 bridgehead atoms. The van der Waals surface area contributed by atoms with E-state index >= 15 is 0 Å². The van der Waals surface area contributed by atoms with E-state index in [1.165, 1.54) is 11.3 Å². The highest BCUT2D eigenvalue weighted by Crippen LogP contribution is 2.17. The molecule has 0 aliphatic rings. The van der Waals surface area contributed by atoms with E-state index in [2.05, 4.69) is 10.5 Å².